The van der Waals surface area contributed by atoms with Crippen molar-refractivity contribution in [3.05, 3.63) is 47.3 Å². The largest absolute Gasteiger partial charge is 0.310 e. The molecular weight excluding hydrogens is 213 g/mol. The minimum Gasteiger partial charge on any atom is -0.310 e. The Hall–Kier alpha value is -1.15. The lowest BCUT2D eigenvalue weighted by Gasteiger charge is -2.21. The summed E-state index contributed by atoms with van der Waals surface area (Å²) in [5, 5.41) is 3.49. The zero-order chi connectivity index (χ0) is 12.8. The molecule has 1 rings (SSSR count). The van der Waals surface area contributed by atoms with Gasteiger partial charge in [0.05, 0.1) is 0 Å². The van der Waals surface area contributed by atoms with Gasteiger partial charge in [-0.05, 0) is 56.5 Å². The van der Waals surface area contributed by atoms with Crippen LogP contribution >= 0.6 is 0 Å². The van der Waals surface area contributed by atoms with E-state index in [2.05, 4.69) is 18.8 Å². The van der Waals surface area contributed by atoms with Crippen molar-refractivity contribution in [1.82, 2.24) is 5.32 Å². The molecule has 94 valence electrons. The van der Waals surface area contributed by atoms with Crippen LogP contribution in [0, 0.1) is 12.7 Å². The van der Waals surface area contributed by atoms with Crippen molar-refractivity contribution in [1.29, 1.82) is 0 Å². The van der Waals surface area contributed by atoms with Crippen LogP contribution in [0.15, 0.2) is 30.4 Å². The predicted molar refractivity (Wildman–Crippen MR) is 71.6 cm³/mol. The molecule has 0 saturated carbocycles. The summed E-state index contributed by atoms with van der Waals surface area (Å²) in [4.78, 5) is 0. The zero-order valence-electron chi connectivity index (χ0n) is 11.0. The third-order valence-corrected chi connectivity index (χ3v) is 2.80. The van der Waals surface area contributed by atoms with Crippen LogP contribution in [0.2, 0.25) is 0 Å². The summed E-state index contributed by atoms with van der Waals surface area (Å²) in [6, 6.07) is 5.24. The van der Waals surface area contributed by atoms with Gasteiger partial charge >= 0.3 is 0 Å². The number of halogens is 1. The van der Waals surface area contributed by atoms with Crippen molar-refractivity contribution in [3.8, 4) is 0 Å². The van der Waals surface area contributed by atoms with Gasteiger partial charge in [-0.1, -0.05) is 18.6 Å². The summed E-state index contributed by atoms with van der Waals surface area (Å²) >= 11 is 0. The zero-order valence-corrected chi connectivity index (χ0v) is 11.0. The van der Waals surface area contributed by atoms with E-state index in [1.807, 2.05) is 19.9 Å². The normalized spacial score (nSPS) is 12.5. The topological polar surface area (TPSA) is 12.0 Å². The molecule has 1 aromatic carbocycles. The van der Waals surface area contributed by atoms with Gasteiger partial charge in [-0.15, -0.1) is 6.58 Å². The maximum absolute atomic E-state index is 13.1. The second-order valence-corrected chi connectivity index (χ2v) is 4.67. The SMILES string of the molecule is C=C(C)CC(NCCC)c1ccc(F)cc1C. The minimum atomic E-state index is -0.171. The smallest absolute Gasteiger partial charge is 0.123 e. The van der Waals surface area contributed by atoms with Gasteiger partial charge in [-0.2, -0.15) is 0 Å². The molecule has 0 fully saturated rings. The molecule has 1 aromatic rings. The van der Waals surface area contributed by atoms with E-state index in [-0.39, 0.29) is 11.9 Å². The number of hydrogen-bond donors (Lipinski definition) is 1. The van der Waals surface area contributed by atoms with Gasteiger partial charge in [0.1, 0.15) is 5.82 Å². The monoisotopic (exact) mass is 235 g/mol. The maximum Gasteiger partial charge on any atom is 0.123 e. The molecule has 0 heterocycles. The van der Waals surface area contributed by atoms with Gasteiger partial charge in [-0.25, -0.2) is 4.39 Å². The van der Waals surface area contributed by atoms with Crippen LogP contribution in [-0.4, -0.2) is 6.54 Å². The third kappa shape index (κ3) is 4.31. The van der Waals surface area contributed by atoms with Gasteiger partial charge in [0, 0.05) is 6.04 Å². The maximum atomic E-state index is 13.1. The van der Waals surface area contributed by atoms with Crippen molar-refractivity contribution < 1.29 is 4.39 Å². The molecule has 2 heteroatoms. The van der Waals surface area contributed by atoms with E-state index in [4.69, 9.17) is 0 Å². The number of aryl methyl sites for hydroxylation is 1. The van der Waals surface area contributed by atoms with Crippen LogP contribution < -0.4 is 5.32 Å². The van der Waals surface area contributed by atoms with E-state index in [1.54, 1.807) is 6.07 Å². The Balaban J connectivity index is 2.90. The predicted octanol–water partition coefficient (Wildman–Crippen LogP) is 4.14. The van der Waals surface area contributed by atoms with Crippen LogP contribution in [0.1, 0.15) is 43.9 Å². The number of hydrogen-bond acceptors (Lipinski definition) is 1. The molecule has 0 radical (unpaired) electrons. The quantitative estimate of drug-likeness (QED) is 0.731. The average molecular weight is 235 g/mol. The number of nitrogens with one attached hydrogen (secondary N) is 1. The van der Waals surface area contributed by atoms with Crippen LogP contribution in [0.4, 0.5) is 4.39 Å². The summed E-state index contributed by atoms with van der Waals surface area (Å²) in [5.41, 5.74) is 3.31. The molecule has 1 atom stereocenters. The molecule has 1 nitrogen and oxygen atoms in total. The van der Waals surface area contributed by atoms with Crippen LogP contribution in [0.5, 0.6) is 0 Å². The Morgan fingerprint density at radius 2 is 2.18 bits per heavy atom. The van der Waals surface area contributed by atoms with Crippen LogP contribution in [-0.2, 0) is 0 Å². The molecule has 0 amide bonds. The van der Waals surface area contributed by atoms with Crippen molar-refractivity contribution in [2.45, 2.75) is 39.7 Å². The van der Waals surface area contributed by atoms with E-state index in [0.29, 0.717) is 0 Å². The summed E-state index contributed by atoms with van der Waals surface area (Å²) in [6.45, 7) is 11.1. The molecule has 0 saturated heterocycles. The Kier molecular flexibility index (Phi) is 5.36. The first kappa shape index (κ1) is 13.9. The highest BCUT2D eigenvalue weighted by Gasteiger charge is 2.13. The molecule has 1 N–H and O–H groups in total. The second-order valence-electron chi connectivity index (χ2n) is 4.67. The standard InChI is InChI=1S/C15H22FN/c1-5-8-17-15(9-11(2)3)14-7-6-13(16)10-12(14)4/h6-7,10,15,17H,2,5,8-9H2,1,3-4H3. The van der Waals surface area contributed by atoms with Crippen molar-refractivity contribution >= 4 is 0 Å². The summed E-state index contributed by atoms with van der Waals surface area (Å²) < 4.78 is 13.1. The molecule has 0 spiro atoms. The first-order chi connectivity index (χ1) is 8.04. The van der Waals surface area contributed by atoms with Crippen molar-refractivity contribution in [2.24, 2.45) is 0 Å². The molecule has 17 heavy (non-hydrogen) atoms. The van der Waals surface area contributed by atoms with Gasteiger partial charge in [-0.3, -0.25) is 0 Å². The first-order valence-corrected chi connectivity index (χ1v) is 6.18. The molecule has 0 aliphatic rings. The molecule has 0 aliphatic heterocycles. The second kappa shape index (κ2) is 6.55. The Bertz CT molecular complexity index is 385. The van der Waals surface area contributed by atoms with Gasteiger partial charge in [0.2, 0.25) is 0 Å². The average Bonchev–Trinajstić information content (AvgIpc) is 2.24. The Labute approximate surface area is 104 Å². The molecule has 0 aliphatic carbocycles. The number of rotatable bonds is 6. The highest BCUT2D eigenvalue weighted by molar-refractivity contribution is 5.30. The van der Waals surface area contributed by atoms with E-state index < -0.39 is 0 Å². The van der Waals surface area contributed by atoms with Crippen molar-refractivity contribution in [3.63, 3.8) is 0 Å². The van der Waals surface area contributed by atoms with E-state index in [9.17, 15) is 4.39 Å². The molecule has 0 aromatic heterocycles. The fraction of sp³-hybridized carbons (Fsp3) is 0.467. The number of benzene rings is 1. The molecule has 1 unspecified atom stereocenters. The van der Waals surface area contributed by atoms with E-state index in [0.717, 1.165) is 30.5 Å². The summed E-state index contributed by atoms with van der Waals surface area (Å²) in [5.74, 6) is -0.171. The lowest BCUT2D eigenvalue weighted by Crippen LogP contribution is -2.23. The molecule has 0 bridgehead atoms. The van der Waals surface area contributed by atoms with E-state index in [1.165, 1.54) is 11.6 Å². The Morgan fingerprint density at radius 1 is 1.47 bits per heavy atom. The van der Waals surface area contributed by atoms with Gasteiger partial charge < -0.3 is 5.32 Å². The highest BCUT2D eigenvalue weighted by atomic mass is 19.1. The van der Waals surface area contributed by atoms with Gasteiger partial charge in [0.25, 0.3) is 0 Å². The van der Waals surface area contributed by atoms with E-state index >= 15 is 0 Å². The summed E-state index contributed by atoms with van der Waals surface area (Å²) in [7, 11) is 0. The fourth-order valence-electron chi connectivity index (χ4n) is 1.99. The highest BCUT2D eigenvalue weighted by Crippen LogP contribution is 2.24. The first-order valence-electron chi connectivity index (χ1n) is 6.18. The lowest BCUT2D eigenvalue weighted by molar-refractivity contribution is 0.524. The fourth-order valence-corrected chi connectivity index (χ4v) is 1.99. The van der Waals surface area contributed by atoms with Crippen LogP contribution in [0.3, 0.4) is 0 Å². The Morgan fingerprint density at radius 3 is 2.71 bits per heavy atom. The molecular formula is C15H22FN. The lowest BCUT2D eigenvalue weighted by atomic mass is 9.96. The minimum absolute atomic E-state index is 0.171. The van der Waals surface area contributed by atoms with Crippen molar-refractivity contribution in [2.75, 3.05) is 6.54 Å². The van der Waals surface area contributed by atoms with Crippen LogP contribution in [0.25, 0.3) is 0 Å². The summed E-state index contributed by atoms with van der Waals surface area (Å²) in [6.07, 6.45) is 1.99. The van der Waals surface area contributed by atoms with Gasteiger partial charge in [0.15, 0.2) is 0 Å². The third-order valence-electron chi connectivity index (χ3n) is 2.80.